The van der Waals surface area contributed by atoms with E-state index in [0.29, 0.717) is 0 Å². The van der Waals surface area contributed by atoms with Crippen LogP contribution in [0.1, 0.15) is 45.1 Å². The number of rotatable bonds is 3. The van der Waals surface area contributed by atoms with E-state index in [1.807, 2.05) is 20.8 Å². The number of hydrogen-bond donors (Lipinski definition) is 0. The minimum Gasteiger partial charge on any atom is -0.444 e. The first-order valence-corrected chi connectivity index (χ1v) is 7.76. The van der Waals surface area contributed by atoms with Crippen molar-refractivity contribution in [2.45, 2.75) is 57.5 Å². The molecule has 0 atom stereocenters. The molecular weight excluding hydrogens is 323 g/mol. The van der Waals surface area contributed by atoms with Gasteiger partial charge in [-0.1, -0.05) is 12.1 Å². The van der Waals surface area contributed by atoms with Crippen molar-refractivity contribution in [3.8, 4) is 5.75 Å². The van der Waals surface area contributed by atoms with Crippen LogP contribution in [0.4, 0.5) is 18.0 Å². The molecule has 4 nitrogen and oxygen atoms in total. The number of benzene rings is 1. The molecule has 1 saturated carbocycles. The summed E-state index contributed by atoms with van der Waals surface area (Å²) in [6, 6.07) is 5.97. The van der Waals surface area contributed by atoms with Gasteiger partial charge in [0.1, 0.15) is 11.4 Å². The Morgan fingerprint density at radius 3 is 2.12 bits per heavy atom. The smallest absolute Gasteiger partial charge is 0.444 e. The van der Waals surface area contributed by atoms with Crippen molar-refractivity contribution in [1.82, 2.24) is 4.90 Å². The second kappa shape index (κ2) is 6.53. The van der Waals surface area contributed by atoms with Gasteiger partial charge in [0, 0.05) is 13.1 Å². The Labute approximate surface area is 139 Å². The molecule has 0 aromatic heterocycles. The summed E-state index contributed by atoms with van der Waals surface area (Å²) in [4.78, 5) is 13.6. The van der Waals surface area contributed by atoms with E-state index in [2.05, 4.69) is 4.74 Å². The molecule has 0 saturated heterocycles. The maximum absolute atomic E-state index is 12.1. The van der Waals surface area contributed by atoms with Crippen LogP contribution in [0.3, 0.4) is 0 Å². The molecule has 1 amide bonds. The van der Waals surface area contributed by atoms with Crippen molar-refractivity contribution in [3.05, 3.63) is 29.8 Å². The summed E-state index contributed by atoms with van der Waals surface area (Å²) in [5.74, 6) is -0.00665. The SMILES string of the molecule is CN(C(=O)OC(C)(C)C)C1CC(c2ccc(OC(F)(F)F)cc2)C1. The fraction of sp³-hybridized carbons (Fsp3) is 0.588. The fourth-order valence-corrected chi connectivity index (χ4v) is 2.60. The summed E-state index contributed by atoms with van der Waals surface area (Å²) in [5.41, 5.74) is 0.404. The highest BCUT2D eigenvalue weighted by molar-refractivity contribution is 5.68. The Hall–Kier alpha value is -1.92. The lowest BCUT2D eigenvalue weighted by Gasteiger charge is -2.41. The average molecular weight is 345 g/mol. The maximum Gasteiger partial charge on any atom is 0.573 e. The molecule has 0 spiro atoms. The van der Waals surface area contributed by atoms with Gasteiger partial charge < -0.3 is 14.4 Å². The molecule has 1 fully saturated rings. The first-order valence-electron chi connectivity index (χ1n) is 7.76. The number of carbonyl (C=O) groups excluding carboxylic acids is 1. The fourth-order valence-electron chi connectivity index (χ4n) is 2.60. The van der Waals surface area contributed by atoms with Crippen molar-refractivity contribution >= 4 is 6.09 Å². The van der Waals surface area contributed by atoms with Crippen LogP contribution in [0, 0.1) is 0 Å². The van der Waals surface area contributed by atoms with Gasteiger partial charge in [0.25, 0.3) is 0 Å². The molecular formula is C17H22F3NO3. The van der Waals surface area contributed by atoms with Crippen LogP contribution in [0.15, 0.2) is 24.3 Å². The Balaban J connectivity index is 1.87. The molecule has 0 heterocycles. The molecule has 0 aliphatic heterocycles. The summed E-state index contributed by atoms with van der Waals surface area (Å²) in [6.07, 6.45) is -3.52. The standard InChI is InChI=1S/C17H22F3NO3/c1-16(2,3)24-15(22)21(4)13-9-12(10-13)11-5-7-14(8-6-11)23-17(18,19)20/h5-8,12-13H,9-10H2,1-4H3. The Morgan fingerprint density at radius 2 is 1.67 bits per heavy atom. The highest BCUT2D eigenvalue weighted by atomic mass is 19.4. The Bertz CT molecular complexity index is 572. The molecule has 24 heavy (non-hydrogen) atoms. The number of ether oxygens (including phenoxy) is 2. The van der Waals surface area contributed by atoms with E-state index in [0.717, 1.165) is 18.4 Å². The monoisotopic (exact) mass is 345 g/mol. The van der Waals surface area contributed by atoms with Gasteiger partial charge in [0.05, 0.1) is 0 Å². The average Bonchev–Trinajstić information content (AvgIpc) is 2.35. The van der Waals surface area contributed by atoms with Gasteiger partial charge >= 0.3 is 12.5 Å². The Morgan fingerprint density at radius 1 is 1.12 bits per heavy atom. The Kier molecular flexibility index (Phi) is 5.01. The maximum atomic E-state index is 12.1. The summed E-state index contributed by atoms with van der Waals surface area (Å²) >= 11 is 0. The topological polar surface area (TPSA) is 38.8 Å². The molecule has 1 aromatic carbocycles. The van der Waals surface area contributed by atoms with E-state index >= 15 is 0 Å². The van der Waals surface area contributed by atoms with Crippen molar-refractivity contribution in [1.29, 1.82) is 0 Å². The minimum absolute atomic E-state index is 0.0796. The molecule has 1 aliphatic carbocycles. The zero-order chi connectivity index (χ0) is 18.1. The molecule has 0 radical (unpaired) electrons. The van der Waals surface area contributed by atoms with Crippen LogP contribution in [0.25, 0.3) is 0 Å². The molecule has 2 rings (SSSR count). The number of hydrogen-bond acceptors (Lipinski definition) is 3. The van der Waals surface area contributed by atoms with Crippen LogP contribution < -0.4 is 4.74 Å². The zero-order valence-electron chi connectivity index (χ0n) is 14.2. The summed E-state index contributed by atoms with van der Waals surface area (Å²) < 4.78 is 45.6. The van der Waals surface area contributed by atoms with Crippen LogP contribution in [-0.4, -0.2) is 36.0 Å². The van der Waals surface area contributed by atoms with E-state index in [-0.39, 0.29) is 23.8 Å². The summed E-state index contributed by atoms with van der Waals surface area (Å²) in [6.45, 7) is 5.44. The first kappa shape index (κ1) is 18.4. The van der Waals surface area contributed by atoms with E-state index < -0.39 is 12.0 Å². The number of amides is 1. The third-order valence-corrected chi connectivity index (χ3v) is 3.93. The molecule has 134 valence electrons. The van der Waals surface area contributed by atoms with Crippen molar-refractivity contribution in [2.75, 3.05) is 7.05 Å². The molecule has 0 bridgehead atoms. The second-order valence-electron chi connectivity index (χ2n) is 7.03. The van der Waals surface area contributed by atoms with Gasteiger partial charge in [-0.25, -0.2) is 4.79 Å². The van der Waals surface area contributed by atoms with E-state index in [4.69, 9.17) is 4.74 Å². The predicted molar refractivity (Wildman–Crippen MR) is 82.9 cm³/mol. The van der Waals surface area contributed by atoms with Gasteiger partial charge in [0.2, 0.25) is 0 Å². The van der Waals surface area contributed by atoms with Gasteiger partial charge in [0.15, 0.2) is 0 Å². The predicted octanol–water partition coefficient (Wildman–Crippen LogP) is 4.70. The van der Waals surface area contributed by atoms with Crippen molar-refractivity contribution in [3.63, 3.8) is 0 Å². The number of carbonyl (C=O) groups is 1. The third kappa shape index (κ3) is 5.04. The quantitative estimate of drug-likeness (QED) is 0.797. The molecule has 0 N–H and O–H groups in total. The van der Waals surface area contributed by atoms with Gasteiger partial charge in [-0.05, 0) is 57.2 Å². The number of halogens is 3. The number of alkyl halides is 3. The lowest BCUT2D eigenvalue weighted by molar-refractivity contribution is -0.274. The summed E-state index contributed by atoms with van der Waals surface area (Å²) in [7, 11) is 1.70. The van der Waals surface area contributed by atoms with Gasteiger partial charge in [-0.2, -0.15) is 0 Å². The third-order valence-electron chi connectivity index (χ3n) is 3.93. The van der Waals surface area contributed by atoms with Crippen molar-refractivity contribution < 1.29 is 27.4 Å². The molecule has 0 unspecified atom stereocenters. The van der Waals surface area contributed by atoms with E-state index in [1.54, 1.807) is 24.1 Å². The highest BCUT2D eigenvalue weighted by Gasteiger charge is 2.37. The van der Waals surface area contributed by atoms with E-state index in [9.17, 15) is 18.0 Å². The van der Waals surface area contributed by atoms with Crippen LogP contribution in [0.2, 0.25) is 0 Å². The van der Waals surface area contributed by atoms with Crippen molar-refractivity contribution in [2.24, 2.45) is 0 Å². The summed E-state index contributed by atoms with van der Waals surface area (Å²) in [5, 5.41) is 0. The molecule has 7 heteroatoms. The lowest BCUT2D eigenvalue weighted by Crippen LogP contribution is -2.46. The second-order valence-corrected chi connectivity index (χ2v) is 7.03. The first-order chi connectivity index (χ1) is 10.9. The van der Waals surface area contributed by atoms with Gasteiger partial charge in [-0.15, -0.1) is 13.2 Å². The van der Waals surface area contributed by atoms with E-state index in [1.165, 1.54) is 12.1 Å². The van der Waals surface area contributed by atoms with Crippen LogP contribution in [0.5, 0.6) is 5.75 Å². The number of nitrogens with zero attached hydrogens (tertiary/aromatic N) is 1. The normalized spacial score (nSPS) is 21.0. The largest absolute Gasteiger partial charge is 0.573 e. The molecule has 1 aliphatic rings. The lowest BCUT2D eigenvalue weighted by atomic mass is 9.75. The highest BCUT2D eigenvalue weighted by Crippen LogP contribution is 2.40. The van der Waals surface area contributed by atoms with Crippen LogP contribution in [-0.2, 0) is 4.74 Å². The van der Waals surface area contributed by atoms with Crippen LogP contribution >= 0.6 is 0 Å². The minimum atomic E-state index is -4.68. The molecule has 1 aromatic rings. The zero-order valence-corrected chi connectivity index (χ0v) is 14.2. The van der Waals surface area contributed by atoms with Gasteiger partial charge in [-0.3, -0.25) is 0 Å².